The van der Waals surface area contributed by atoms with Crippen LogP contribution in [0, 0.1) is 0 Å². The average molecular weight is 795 g/mol. The summed E-state index contributed by atoms with van der Waals surface area (Å²) in [5, 5.41) is 1.98. The minimum Gasteiger partial charge on any atom is -0.456 e. The van der Waals surface area contributed by atoms with Crippen molar-refractivity contribution in [3.05, 3.63) is 230 Å². The number of nitrogens with zero attached hydrogens (tertiary/aromatic N) is 4. The highest BCUT2D eigenvalue weighted by Crippen LogP contribution is 2.51. The van der Waals surface area contributed by atoms with Gasteiger partial charge in [-0.25, -0.2) is 15.0 Å². The van der Waals surface area contributed by atoms with Crippen LogP contribution >= 0.6 is 0 Å². The first kappa shape index (κ1) is 35.8. The number of allylic oxidation sites excluding steroid dienone is 2. The molecule has 2 aliphatic rings. The van der Waals surface area contributed by atoms with Crippen LogP contribution in [0.15, 0.2) is 223 Å². The largest absolute Gasteiger partial charge is 0.456 e. The molecule has 0 saturated heterocycles. The number of rotatable bonds is 7. The van der Waals surface area contributed by atoms with E-state index in [1.807, 2.05) is 48.5 Å². The molecule has 5 nitrogen and oxygen atoms in total. The molecule has 0 spiro atoms. The second-order valence-corrected chi connectivity index (χ2v) is 16.0. The molecule has 0 saturated carbocycles. The van der Waals surface area contributed by atoms with Crippen LogP contribution in [-0.4, -0.2) is 21.0 Å². The molecule has 292 valence electrons. The lowest BCUT2D eigenvalue weighted by atomic mass is 9.86. The lowest BCUT2D eigenvalue weighted by Crippen LogP contribution is -2.29. The molecule has 2 atom stereocenters. The van der Waals surface area contributed by atoms with Gasteiger partial charge in [0.15, 0.2) is 17.5 Å². The molecule has 5 heteroatoms. The molecule has 0 bridgehead atoms. The van der Waals surface area contributed by atoms with E-state index in [0.29, 0.717) is 17.5 Å². The fraction of sp³-hybridized carbons (Fsp3) is 0.0351. The second-order valence-electron chi connectivity index (χ2n) is 16.0. The molecule has 0 amide bonds. The zero-order valence-corrected chi connectivity index (χ0v) is 33.6. The number of anilines is 2. The number of benzene rings is 8. The molecule has 0 fully saturated rings. The van der Waals surface area contributed by atoms with E-state index in [4.69, 9.17) is 19.4 Å². The summed E-state index contributed by atoms with van der Waals surface area (Å²) in [7, 11) is 0. The molecule has 3 heterocycles. The van der Waals surface area contributed by atoms with E-state index in [0.717, 1.165) is 55.4 Å². The molecule has 0 radical (unpaired) electrons. The van der Waals surface area contributed by atoms with Gasteiger partial charge in [-0.05, 0) is 69.3 Å². The van der Waals surface area contributed by atoms with Crippen LogP contribution in [0.1, 0.15) is 17.0 Å². The zero-order chi connectivity index (χ0) is 41.0. The fourth-order valence-electron chi connectivity index (χ4n) is 9.27. The van der Waals surface area contributed by atoms with Crippen molar-refractivity contribution in [2.24, 2.45) is 0 Å². The van der Waals surface area contributed by atoms with Gasteiger partial charge < -0.3 is 9.32 Å². The van der Waals surface area contributed by atoms with Crippen LogP contribution < -0.4 is 4.90 Å². The van der Waals surface area contributed by atoms with Gasteiger partial charge in [0.05, 0.1) is 6.04 Å². The molecular formula is C57H38N4O. The zero-order valence-electron chi connectivity index (χ0n) is 33.6. The van der Waals surface area contributed by atoms with E-state index >= 15 is 0 Å². The van der Waals surface area contributed by atoms with Gasteiger partial charge in [-0.1, -0.05) is 182 Å². The molecule has 0 N–H and O–H groups in total. The maximum Gasteiger partial charge on any atom is 0.164 e. The molecule has 1 aliphatic heterocycles. The molecule has 2 unspecified atom stereocenters. The van der Waals surface area contributed by atoms with Gasteiger partial charge in [0, 0.05) is 50.8 Å². The van der Waals surface area contributed by atoms with Gasteiger partial charge in [0.2, 0.25) is 0 Å². The van der Waals surface area contributed by atoms with E-state index in [1.54, 1.807) is 0 Å². The van der Waals surface area contributed by atoms with Crippen molar-refractivity contribution in [1.29, 1.82) is 0 Å². The molecular weight excluding hydrogens is 757 g/mol. The van der Waals surface area contributed by atoms with Crippen molar-refractivity contribution >= 4 is 38.9 Å². The minimum absolute atomic E-state index is 0.0791. The van der Waals surface area contributed by atoms with Crippen molar-refractivity contribution in [1.82, 2.24) is 15.0 Å². The highest BCUT2D eigenvalue weighted by molar-refractivity contribution is 6.12. The number of fused-ring (bicyclic) bond motifs is 6. The van der Waals surface area contributed by atoms with E-state index < -0.39 is 0 Å². The predicted octanol–water partition coefficient (Wildman–Crippen LogP) is 14.4. The lowest BCUT2D eigenvalue weighted by molar-refractivity contribution is 0.668. The summed E-state index contributed by atoms with van der Waals surface area (Å²) in [4.78, 5) is 17.8. The predicted molar refractivity (Wildman–Crippen MR) is 253 cm³/mol. The van der Waals surface area contributed by atoms with Gasteiger partial charge in [0.1, 0.15) is 11.2 Å². The highest BCUT2D eigenvalue weighted by Gasteiger charge is 2.39. The third-order valence-electron chi connectivity index (χ3n) is 12.3. The first-order valence-electron chi connectivity index (χ1n) is 21.1. The summed E-state index contributed by atoms with van der Waals surface area (Å²) in [6.45, 7) is 0. The Morgan fingerprint density at radius 1 is 0.435 bits per heavy atom. The van der Waals surface area contributed by atoms with E-state index in [-0.39, 0.29) is 12.0 Å². The van der Waals surface area contributed by atoms with Crippen LogP contribution in [0.25, 0.3) is 83.9 Å². The number of hydrogen-bond acceptors (Lipinski definition) is 5. The summed E-state index contributed by atoms with van der Waals surface area (Å²) in [5.41, 5.74) is 15.1. The van der Waals surface area contributed by atoms with Crippen LogP contribution in [0.5, 0.6) is 0 Å². The Morgan fingerprint density at radius 3 is 1.69 bits per heavy atom. The molecule has 10 aromatic rings. The van der Waals surface area contributed by atoms with Gasteiger partial charge >= 0.3 is 0 Å². The number of furan rings is 1. The molecule has 8 aromatic carbocycles. The van der Waals surface area contributed by atoms with Crippen molar-refractivity contribution in [3.8, 4) is 56.4 Å². The van der Waals surface area contributed by atoms with Gasteiger partial charge in [-0.15, -0.1) is 0 Å². The molecule has 2 aromatic heterocycles. The van der Waals surface area contributed by atoms with Crippen molar-refractivity contribution in [3.63, 3.8) is 0 Å². The van der Waals surface area contributed by atoms with Crippen molar-refractivity contribution in [2.75, 3.05) is 4.90 Å². The highest BCUT2D eigenvalue weighted by atomic mass is 16.3. The van der Waals surface area contributed by atoms with Gasteiger partial charge in [-0.2, -0.15) is 0 Å². The normalized spacial score (nSPS) is 15.4. The topological polar surface area (TPSA) is 55.1 Å². The van der Waals surface area contributed by atoms with Crippen LogP contribution in [0.4, 0.5) is 11.4 Å². The quantitative estimate of drug-likeness (QED) is 0.161. The fourth-order valence-corrected chi connectivity index (χ4v) is 9.27. The Hall–Kier alpha value is -8.15. The third-order valence-corrected chi connectivity index (χ3v) is 12.3. The second kappa shape index (κ2) is 14.8. The summed E-state index contributed by atoms with van der Waals surface area (Å²) >= 11 is 0. The summed E-state index contributed by atoms with van der Waals surface area (Å²) in [6.07, 6.45) is 7.11. The Bertz CT molecular complexity index is 3340. The summed E-state index contributed by atoms with van der Waals surface area (Å²) in [6, 6.07) is 70.1. The molecule has 1 aliphatic carbocycles. The third kappa shape index (κ3) is 6.22. The number of hydrogen-bond donors (Lipinski definition) is 0. The van der Waals surface area contributed by atoms with E-state index in [9.17, 15) is 0 Å². The van der Waals surface area contributed by atoms with Crippen LogP contribution in [-0.2, 0) is 0 Å². The first-order chi connectivity index (χ1) is 30.7. The maximum atomic E-state index is 6.76. The maximum absolute atomic E-state index is 6.76. The average Bonchev–Trinajstić information content (AvgIpc) is 3.89. The number of aromatic nitrogens is 3. The molecule has 62 heavy (non-hydrogen) atoms. The van der Waals surface area contributed by atoms with Gasteiger partial charge in [0.25, 0.3) is 0 Å². The summed E-state index contributed by atoms with van der Waals surface area (Å²) < 4.78 is 6.76. The monoisotopic (exact) mass is 794 g/mol. The summed E-state index contributed by atoms with van der Waals surface area (Å²) in [5.74, 6) is 2.01. The van der Waals surface area contributed by atoms with E-state index in [1.165, 1.54) is 33.5 Å². The SMILES string of the molecule is C1=CC2c3cc(-c4ccccc4)ccc3N(c3ccc4c(c3)oc3cccc(-c5nc(-c6ccccc6)nc(-c6ccc(-c7ccccc7)cc6)n5)c34)C2C=C1c1ccccc1. The molecule has 12 rings (SSSR count). The lowest BCUT2D eigenvalue weighted by Gasteiger charge is -2.30. The Balaban J connectivity index is 0.978. The van der Waals surface area contributed by atoms with Crippen LogP contribution in [0.3, 0.4) is 0 Å². The van der Waals surface area contributed by atoms with E-state index in [2.05, 4.69) is 175 Å². The smallest absolute Gasteiger partial charge is 0.164 e. The minimum atomic E-state index is 0.0791. The first-order valence-corrected chi connectivity index (χ1v) is 21.1. The van der Waals surface area contributed by atoms with Crippen LogP contribution in [0.2, 0.25) is 0 Å². The standard InChI is InChI=1S/C57H38N4O/c1-5-14-37(15-6-1)40-24-26-42(27-25-40)56-58-55(41-20-11-4-12-21-41)59-57(60-56)48-22-13-23-52-54(48)47-32-30-45(36-53(47)62-52)61-50-33-29-43(38-16-7-2-8-17-38)34-49(50)46-31-28-44(35-51(46)61)39-18-9-3-10-19-39/h1-36,46,51H. The Labute approximate surface area is 359 Å². The Kier molecular flexibility index (Phi) is 8.56. The Morgan fingerprint density at radius 2 is 1.00 bits per heavy atom. The van der Waals surface area contributed by atoms with Crippen molar-refractivity contribution < 1.29 is 4.42 Å². The van der Waals surface area contributed by atoms with Gasteiger partial charge in [-0.3, -0.25) is 0 Å². The van der Waals surface area contributed by atoms with Crippen molar-refractivity contribution in [2.45, 2.75) is 12.0 Å².